The second-order valence-electron chi connectivity index (χ2n) is 7.66. The second-order valence-corrected chi connectivity index (χ2v) is 8.52. The number of hydrogen-bond acceptors (Lipinski definition) is 2. The van der Waals surface area contributed by atoms with Crippen LogP contribution in [0.1, 0.15) is 53.4 Å². The molecule has 2 aromatic carbocycles. The topological polar surface area (TPSA) is 32.3 Å². The summed E-state index contributed by atoms with van der Waals surface area (Å²) in [6.45, 7) is 9.80. The van der Waals surface area contributed by atoms with E-state index in [2.05, 4.69) is 73.0 Å². The Kier molecular flexibility index (Phi) is 6.77. The highest BCUT2D eigenvalue weighted by Gasteiger charge is 2.33. The molecule has 146 valence electrons. The van der Waals surface area contributed by atoms with Crippen LogP contribution in [0.4, 0.5) is 5.69 Å². The van der Waals surface area contributed by atoms with Crippen LogP contribution in [-0.2, 0) is 18.4 Å². The van der Waals surface area contributed by atoms with Crippen molar-refractivity contribution in [3.63, 3.8) is 0 Å². The zero-order chi connectivity index (χ0) is 19.1. The number of likely N-dealkylation sites (N-methyl/N-ethyl adjacent to an activating group) is 1. The van der Waals surface area contributed by atoms with E-state index in [0.717, 1.165) is 29.5 Å². The Morgan fingerprint density at radius 1 is 1.26 bits per heavy atom. The van der Waals surface area contributed by atoms with Crippen molar-refractivity contribution in [1.82, 2.24) is 4.90 Å². The fourth-order valence-corrected chi connectivity index (χ4v) is 4.37. The van der Waals surface area contributed by atoms with Crippen molar-refractivity contribution in [3.05, 3.63) is 62.6 Å². The van der Waals surface area contributed by atoms with Crippen molar-refractivity contribution in [2.45, 2.75) is 46.1 Å². The van der Waals surface area contributed by atoms with Gasteiger partial charge in [-0.25, -0.2) is 0 Å². The van der Waals surface area contributed by atoms with Gasteiger partial charge in [0.1, 0.15) is 0 Å². The van der Waals surface area contributed by atoms with Crippen LogP contribution in [-0.4, -0.2) is 24.4 Å². The molecule has 0 aromatic heterocycles. The number of carbonyl (C=O) groups excluding carboxylic acids is 1. The second kappa shape index (κ2) is 8.34. The molecule has 0 saturated heterocycles. The SMILES string of the molecule is CCc1ccc(C(=O)Nc2cc(C)c3c(c2)C(C)(C)N(C)CC3)cc1Br.Cl. The molecule has 0 bridgehead atoms. The Labute approximate surface area is 177 Å². The lowest BCUT2D eigenvalue weighted by Crippen LogP contribution is -2.44. The Bertz CT molecular complexity index is 864. The van der Waals surface area contributed by atoms with Crippen molar-refractivity contribution < 1.29 is 4.79 Å². The molecule has 0 radical (unpaired) electrons. The first-order chi connectivity index (χ1) is 12.2. The first kappa shape index (κ1) is 21.9. The normalized spacial score (nSPS) is 15.6. The first-order valence-corrected chi connectivity index (χ1v) is 9.98. The van der Waals surface area contributed by atoms with E-state index < -0.39 is 0 Å². The smallest absolute Gasteiger partial charge is 0.255 e. The number of benzene rings is 2. The average molecular weight is 452 g/mol. The molecule has 1 aliphatic rings. The maximum absolute atomic E-state index is 12.7. The summed E-state index contributed by atoms with van der Waals surface area (Å²) in [4.78, 5) is 15.1. The Hall–Kier alpha value is -1.36. The number of hydrogen-bond donors (Lipinski definition) is 1. The van der Waals surface area contributed by atoms with Crippen molar-refractivity contribution in [2.75, 3.05) is 18.9 Å². The fourth-order valence-electron chi connectivity index (χ4n) is 3.71. The summed E-state index contributed by atoms with van der Waals surface area (Å²) in [5, 5.41) is 3.09. The number of carbonyl (C=O) groups is 1. The maximum atomic E-state index is 12.7. The number of amides is 1. The molecule has 1 heterocycles. The highest BCUT2D eigenvalue weighted by molar-refractivity contribution is 9.10. The maximum Gasteiger partial charge on any atom is 0.255 e. The zero-order valence-corrected chi connectivity index (χ0v) is 19.1. The molecule has 0 saturated carbocycles. The van der Waals surface area contributed by atoms with Crippen LogP contribution >= 0.6 is 28.3 Å². The summed E-state index contributed by atoms with van der Waals surface area (Å²) in [5.74, 6) is -0.0744. The summed E-state index contributed by atoms with van der Waals surface area (Å²) in [6, 6.07) is 10.0. The van der Waals surface area contributed by atoms with Crippen molar-refractivity contribution >= 4 is 39.9 Å². The summed E-state index contributed by atoms with van der Waals surface area (Å²) >= 11 is 3.56. The lowest BCUT2D eigenvalue weighted by atomic mass is 9.81. The number of aryl methyl sites for hydroxylation is 2. The third-order valence-corrected chi connectivity index (χ3v) is 6.48. The number of fused-ring (bicyclic) bond motifs is 1. The van der Waals surface area contributed by atoms with E-state index in [-0.39, 0.29) is 23.9 Å². The standard InChI is InChI=1S/C22H27BrN2O.ClH/c1-6-15-7-8-16(12-20(15)23)21(26)24-17-11-14(2)18-9-10-25(5)22(3,4)19(18)13-17;/h7-8,11-13H,6,9-10H2,1-5H3,(H,24,26);1H. The van der Waals surface area contributed by atoms with Gasteiger partial charge >= 0.3 is 0 Å². The van der Waals surface area contributed by atoms with E-state index in [4.69, 9.17) is 0 Å². The third kappa shape index (κ3) is 4.23. The van der Waals surface area contributed by atoms with Gasteiger partial charge in [-0.05, 0) is 87.2 Å². The summed E-state index contributed by atoms with van der Waals surface area (Å²) in [6.07, 6.45) is 2.00. The number of rotatable bonds is 3. The molecule has 0 atom stereocenters. The quantitative estimate of drug-likeness (QED) is 0.647. The van der Waals surface area contributed by atoms with Gasteiger partial charge in [0.15, 0.2) is 0 Å². The zero-order valence-electron chi connectivity index (χ0n) is 16.6. The number of nitrogens with one attached hydrogen (secondary N) is 1. The lowest BCUT2D eigenvalue weighted by Gasteiger charge is -2.42. The average Bonchev–Trinajstić information content (AvgIpc) is 2.58. The molecule has 0 aliphatic carbocycles. The van der Waals surface area contributed by atoms with E-state index in [1.54, 1.807) is 0 Å². The molecule has 27 heavy (non-hydrogen) atoms. The van der Waals surface area contributed by atoms with Crippen LogP contribution in [0.25, 0.3) is 0 Å². The van der Waals surface area contributed by atoms with E-state index in [9.17, 15) is 4.79 Å². The monoisotopic (exact) mass is 450 g/mol. The van der Waals surface area contributed by atoms with Crippen LogP contribution in [0.3, 0.4) is 0 Å². The molecule has 0 spiro atoms. The molecule has 3 rings (SSSR count). The molecule has 1 amide bonds. The van der Waals surface area contributed by atoms with Gasteiger partial charge in [0, 0.05) is 27.8 Å². The van der Waals surface area contributed by atoms with Gasteiger partial charge < -0.3 is 5.32 Å². The summed E-state index contributed by atoms with van der Waals surface area (Å²) in [7, 11) is 2.16. The van der Waals surface area contributed by atoms with Crippen LogP contribution in [0.15, 0.2) is 34.8 Å². The molecular weight excluding hydrogens is 424 g/mol. The Morgan fingerprint density at radius 2 is 1.96 bits per heavy atom. The number of anilines is 1. The number of halogens is 2. The minimum absolute atomic E-state index is 0. The fraction of sp³-hybridized carbons (Fsp3) is 0.409. The minimum Gasteiger partial charge on any atom is -0.322 e. The van der Waals surface area contributed by atoms with Crippen LogP contribution < -0.4 is 5.32 Å². The van der Waals surface area contributed by atoms with Gasteiger partial charge in [0.2, 0.25) is 0 Å². The van der Waals surface area contributed by atoms with Crippen LogP contribution in [0, 0.1) is 6.92 Å². The highest BCUT2D eigenvalue weighted by atomic mass is 79.9. The first-order valence-electron chi connectivity index (χ1n) is 9.19. The molecule has 0 unspecified atom stereocenters. The largest absolute Gasteiger partial charge is 0.322 e. The van der Waals surface area contributed by atoms with Gasteiger partial charge in [-0.3, -0.25) is 9.69 Å². The van der Waals surface area contributed by atoms with E-state index in [1.165, 1.54) is 22.3 Å². The van der Waals surface area contributed by atoms with Gasteiger partial charge in [0.05, 0.1) is 0 Å². The van der Waals surface area contributed by atoms with Crippen molar-refractivity contribution in [1.29, 1.82) is 0 Å². The predicted molar refractivity (Wildman–Crippen MR) is 119 cm³/mol. The third-order valence-electron chi connectivity index (χ3n) is 5.74. The molecule has 2 aromatic rings. The van der Waals surface area contributed by atoms with E-state index in [0.29, 0.717) is 5.56 Å². The molecule has 0 fully saturated rings. The molecular formula is C22H28BrClN2O. The predicted octanol–water partition coefficient (Wildman–Crippen LogP) is 5.72. The Morgan fingerprint density at radius 3 is 2.59 bits per heavy atom. The minimum atomic E-state index is -0.0744. The lowest BCUT2D eigenvalue weighted by molar-refractivity contribution is 0.102. The summed E-state index contributed by atoms with van der Waals surface area (Å²) in [5.41, 5.74) is 6.68. The van der Waals surface area contributed by atoms with Crippen LogP contribution in [0.5, 0.6) is 0 Å². The highest BCUT2D eigenvalue weighted by Crippen LogP contribution is 2.37. The molecule has 5 heteroatoms. The molecule has 1 aliphatic heterocycles. The molecule has 1 N–H and O–H groups in total. The van der Waals surface area contributed by atoms with Crippen molar-refractivity contribution in [3.8, 4) is 0 Å². The van der Waals surface area contributed by atoms with E-state index >= 15 is 0 Å². The summed E-state index contributed by atoms with van der Waals surface area (Å²) < 4.78 is 0.983. The molecule has 3 nitrogen and oxygen atoms in total. The van der Waals surface area contributed by atoms with Gasteiger partial charge in [-0.15, -0.1) is 12.4 Å². The van der Waals surface area contributed by atoms with Crippen LogP contribution in [0.2, 0.25) is 0 Å². The van der Waals surface area contributed by atoms with Crippen molar-refractivity contribution in [2.24, 2.45) is 0 Å². The number of nitrogens with zero attached hydrogens (tertiary/aromatic N) is 1. The van der Waals surface area contributed by atoms with Gasteiger partial charge in [0.25, 0.3) is 5.91 Å². The van der Waals surface area contributed by atoms with Gasteiger partial charge in [-0.1, -0.05) is 28.9 Å². The van der Waals surface area contributed by atoms with Gasteiger partial charge in [-0.2, -0.15) is 0 Å². The van der Waals surface area contributed by atoms with E-state index in [1.807, 2.05) is 18.2 Å². The Balaban J connectivity index is 0.00000261.